The second-order valence-electron chi connectivity index (χ2n) is 7.48. The summed E-state index contributed by atoms with van der Waals surface area (Å²) in [5, 5.41) is 7.44. The second kappa shape index (κ2) is 9.33. The molecule has 0 saturated heterocycles. The molecule has 1 aromatic carbocycles. The van der Waals surface area contributed by atoms with Crippen molar-refractivity contribution in [3.05, 3.63) is 109 Å². The Hall–Kier alpha value is -4.85. The smallest absolute Gasteiger partial charge is 0.258 e. The van der Waals surface area contributed by atoms with Crippen LogP contribution in [-0.4, -0.2) is 30.6 Å². The summed E-state index contributed by atoms with van der Waals surface area (Å²) in [6, 6.07) is 22.1. The van der Waals surface area contributed by atoms with Gasteiger partial charge in [-0.1, -0.05) is 18.2 Å². The Labute approximate surface area is 195 Å². The first-order valence-corrected chi connectivity index (χ1v) is 10.6. The van der Waals surface area contributed by atoms with Crippen LogP contribution in [0.25, 0.3) is 16.9 Å². The number of anilines is 1. The average Bonchev–Trinajstić information content (AvgIpc) is 3.27. The molecule has 0 atom stereocenters. The van der Waals surface area contributed by atoms with Gasteiger partial charge in [-0.2, -0.15) is 5.10 Å². The lowest BCUT2D eigenvalue weighted by molar-refractivity contribution is 0.102. The summed E-state index contributed by atoms with van der Waals surface area (Å²) in [5.41, 5.74) is 3.91. The molecule has 0 aliphatic heterocycles. The van der Waals surface area contributed by atoms with Crippen LogP contribution in [0.3, 0.4) is 0 Å². The summed E-state index contributed by atoms with van der Waals surface area (Å²) in [6.07, 6.45) is 6.64. The van der Waals surface area contributed by atoms with Crippen molar-refractivity contribution in [1.82, 2.24) is 24.7 Å². The molecule has 5 aromatic rings. The SMILES string of the molecule is Cc1cc(-c2cccnc2)nn1-c1ccc(NC(=O)c2ccc(Oc3ccccc3)nc2)nc1. The summed E-state index contributed by atoms with van der Waals surface area (Å²) in [6.45, 7) is 1.97. The van der Waals surface area contributed by atoms with Crippen molar-refractivity contribution >= 4 is 11.7 Å². The number of benzene rings is 1. The van der Waals surface area contributed by atoms with Gasteiger partial charge in [0.1, 0.15) is 11.6 Å². The van der Waals surface area contributed by atoms with Crippen LogP contribution < -0.4 is 10.1 Å². The van der Waals surface area contributed by atoms with Gasteiger partial charge in [0.25, 0.3) is 5.91 Å². The molecule has 0 bridgehead atoms. The molecule has 166 valence electrons. The topological polar surface area (TPSA) is 94.8 Å². The summed E-state index contributed by atoms with van der Waals surface area (Å²) >= 11 is 0. The zero-order chi connectivity index (χ0) is 23.3. The third-order valence-electron chi connectivity index (χ3n) is 5.04. The first-order chi connectivity index (χ1) is 16.7. The van der Waals surface area contributed by atoms with Crippen LogP contribution >= 0.6 is 0 Å². The maximum absolute atomic E-state index is 12.6. The van der Waals surface area contributed by atoms with Gasteiger partial charge < -0.3 is 10.1 Å². The van der Waals surface area contributed by atoms with Gasteiger partial charge in [0.15, 0.2) is 0 Å². The van der Waals surface area contributed by atoms with Crippen LogP contribution in [-0.2, 0) is 0 Å². The number of nitrogens with one attached hydrogen (secondary N) is 1. The van der Waals surface area contributed by atoms with E-state index in [1.807, 2.05) is 61.5 Å². The molecule has 34 heavy (non-hydrogen) atoms. The van der Waals surface area contributed by atoms with E-state index in [2.05, 4.69) is 25.4 Å². The molecule has 0 fully saturated rings. The monoisotopic (exact) mass is 448 g/mol. The molecule has 8 nitrogen and oxygen atoms in total. The van der Waals surface area contributed by atoms with Crippen molar-refractivity contribution in [2.75, 3.05) is 5.32 Å². The van der Waals surface area contributed by atoms with Gasteiger partial charge >= 0.3 is 0 Å². The molecular weight excluding hydrogens is 428 g/mol. The Morgan fingerprint density at radius 3 is 2.50 bits per heavy atom. The molecule has 0 saturated carbocycles. The number of pyridine rings is 3. The third-order valence-corrected chi connectivity index (χ3v) is 5.04. The normalized spacial score (nSPS) is 10.6. The molecule has 0 radical (unpaired) electrons. The highest BCUT2D eigenvalue weighted by molar-refractivity contribution is 6.03. The maximum atomic E-state index is 12.6. The van der Waals surface area contributed by atoms with Crippen molar-refractivity contribution in [2.24, 2.45) is 0 Å². The Morgan fingerprint density at radius 1 is 0.912 bits per heavy atom. The van der Waals surface area contributed by atoms with Gasteiger partial charge in [-0.3, -0.25) is 9.78 Å². The second-order valence-corrected chi connectivity index (χ2v) is 7.48. The number of nitrogens with zero attached hydrogens (tertiary/aromatic N) is 5. The van der Waals surface area contributed by atoms with Crippen molar-refractivity contribution < 1.29 is 9.53 Å². The molecule has 1 N–H and O–H groups in total. The predicted octanol–water partition coefficient (Wildman–Crippen LogP) is 5.08. The summed E-state index contributed by atoms with van der Waals surface area (Å²) in [7, 11) is 0. The van der Waals surface area contributed by atoms with E-state index in [0.29, 0.717) is 23.0 Å². The van der Waals surface area contributed by atoms with E-state index in [0.717, 1.165) is 22.6 Å². The molecule has 0 aliphatic rings. The molecule has 1 amide bonds. The van der Waals surface area contributed by atoms with E-state index in [9.17, 15) is 4.79 Å². The van der Waals surface area contributed by atoms with Crippen molar-refractivity contribution in [3.8, 4) is 28.6 Å². The van der Waals surface area contributed by atoms with E-state index >= 15 is 0 Å². The minimum absolute atomic E-state index is 0.312. The van der Waals surface area contributed by atoms with Crippen molar-refractivity contribution in [1.29, 1.82) is 0 Å². The highest BCUT2D eigenvalue weighted by Crippen LogP contribution is 2.21. The standard InChI is InChI=1S/C26H20N6O2/c1-18-14-23(19-6-5-13-27-15-19)31-32(18)21-10-11-24(28-17-21)30-26(33)20-9-12-25(29-16-20)34-22-7-3-2-4-8-22/h2-17H,1H3,(H,28,30,33). The van der Waals surface area contributed by atoms with Crippen LogP contribution in [0.4, 0.5) is 5.82 Å². The fourth-order valence-corrected chi connectivity index (χ4v) is 3.35. The van der Waals surface area contributed by atoms with Crippen molar-refractivity contribution in [3.63, 3.8) is 0 Å². The van der Waals surface area contributed by atoms with E-state index in [1.165, 1.54) is 6.20 Å². The van der Waals surface area contributed by atoms with Crippen LogP contribution in [0.15, 0.2) is 97.6 Å². The molecule has 0 aliphatic carbocycles. The number of aryl methyl sites for hydroxylation is 1. The first-order valence-electron chi connectivity index (χ1n) is 10.6. The lowest BCUT2D eigenvalue weighted by Gasteiger charge is -2.08. The van der Waals surface area contributed by atoms with E-state index in [-0.39, 0.29) is 5.91 Å². The molecule has 8 heteroatoms. The number of para-hydroxylation sites is 1. The van der Waals surface area contributed by atoms with Gasteiger partial charge in [0.2, 0.25) is 5.88 Å². The number of carbonyl (C=O) groups excluding carboxylic acids is 1. The summed E-state index contributed by atoms with van der Waals surface area (Å²) < 4.78 is 7.46. The predicted molar refractivity (Wildman–Crippen MR) is 128 cm³/mol. The van der Waals surface area contributed by atoms with Gasteiger partial charge in [0, 0.05) is 35.9 Å². The highest BCUT2D eigenvalue weighted by atomic mass is 16.5. The number of hydrogen-bond acceptors (Lipinski definition) is 6. The molecule has 5 rings (SSSR count). The van der Waals surface area contributed by atoms with Crippen LogP contribution in [0.1, 0.15) is 16.1 Å². The van der Waals surface area contributed by atoms with Crippen molar-refractivity contribution in [2.45, 2.75) is 6.92 Å². The number of carbonyl (C=O) groups is 1. The Morgan fingerprint density at radius 2 is 1.79 bits per heavy atom. The minimum Gasteiger partial charge on any atom is -0.439 e. The molecule has 0 unspecified atom stereocenters. The minimum atomic E-state index is -0.312. The fourth-order valence-electron chi connectivity index (χ4n) is 3.35. The zero-order valence-electron chi connectivity index (χ0n) is 18.3. The van der Waals surface area contributed by atoms with Crippen LogP contribution in [0, 0.1) is 6.92 Å². The molecule has 4 aromatic heterocycles. The maximum Gasteiger partial charge on any atom is 0.258 e. The molecule has 0 spiro atoms. The van der Waals surface area contributed by atoms with E-state index < -0.39 is 0 Å². The number of amides is 1. The summed E-state index contributed by atoms with van der Waals surface area (Å²) in [4.78, 5) is 25.3. The lowest BCUT2D eigenvalue weighted by atomic mass is 10.2. The third kappa shape index (κ3) is 4.66. The van der Waals surface area contributed by atoms with Crippen LogP contribution in [0.5, 0.6) is 11.6 Å². The Kier molecular flexibility index (Phi) is 5.77. The van der Waals surface area contributed by atoms with Gasteiger partial charge in [-0.25, -0.2) is 14.6 Å². The Bertz CT molecular complexity index is 1400. The molecule has 4 heterocycles. The quantitative estimate of drug-likeness (QED) is 0.389. The first kappa shape index (κ1) is 21.0. The number of hydrogen-bond donors (Lipinski definition) is 1. The highest BCUT2D eigenvalue weighted by Gasteiger charge is 2.11. The van der Waals surface area contributed by atoms with E-state index in [1.54, 1.807) is 41.5 Å². The molecular formula is C26H20N6O2. The fraction of sp³-hybridized carbons (Fsp3) is 0.0385. The van der Waals surface area contributed by atoms with Gasteiger partial charge in [-0.15, -0.1) is 0 Å². The van der Waals surface area contributed by atoms with Crippen LogP contribution in [0.2, 0.25) is 0 Å². The number of rotatable bonds is 6. The number of aromatic nitrogens is 5. The van der Waals surface area contributed by atoms with E-state index in [4.69, 9.17) is 4.74 Å². The van der Waals surface area contributed by atoms with Gasteiger partial charge in [-0.05, 0) is 55.5 Å². The zero-order valence-corrected chi connectivity index (χ0v) is 18.3. The lowest BCUT2D eigenvalue weighted by Crippen LogP contribution is -2.13. The number of ether oxygens (including phenoxy) is 1. The van der Waals surface area contributed by atoms with Gasteiger partial charge in [0.05, 0.1) is 23.1 Å². The largest absolute Gasteiger partial charge is 0.439 e. The summed E-state index contributed by atoms with van der Waals surface area (Å²) in [5.74, 6) is 1.20. The average molecular weight is 448 g/mol. The Balaban J connectivity index is 1.26.